The number of fused-ring (bicyclic) bond motifs is 1. The van der Waals surface area contributed by atoms with Gasteiger partial charge in [0.25, 0.3) is 0 Å². The molecule has 0 radical (unpaired) electrons. The Balaban J connectivity index is 1.65. The molecular formula is C18H28N2. The molecule has 1 unspecified atom stereocenters. The van der Waals surface area contributed by atoms with E-state index in [1.807, 2.05) is 0 Å². The first-order valence-electron chi connectivity index (χ1n) is 8.36. The van der Waals surface area contributed by atoms with E-state index in [9.17, 15) is 0 Å². The lowest BCUT2D eigenvalue weighted by molar-refractivity contribution is 0.196. The van der Waals surface area contributed by atoms with E-state index in [2.05, 4.69) is 41.5 Å². The number of nitrogens with one attached hydrogen (secondary N) is 1. The molecule has 2 heteroatoms. The van der Waals surface area contributed by atoms with Gasteiger partial charge in [0.15, 0.2) is 0 Å². The predicted octanol–water partition coefficient (Wildman–Crippen LogP) is 3.53. The molecule has 0 aromatic heterocycles. The number of rotatable bonds is 3. The van der Waals surface area contributed by atoms with Crippen LogP contribution in [0.3, 0.4) is 0 Å². The second-order valence-electron chi connectivity index (χ2n) is 6.54. The highest BCUT2D eigenvalue weighted by Gasteiger charge is 2.24. The van der Waals surface area contributed by atoms with Crippen molar-refractivity contribution in [1.82, 2.24) is 10.2 Å². The molecule has 1 aromatic rings. The summed E-state index contributed by atoms with van der Waals surface area (Å²) in [6, 6.07) is 10.3. The van der Waals surface area contributed by atoms with Crippen molar-refractivity contribution < 1.29 is 0 Å². The zero-order valence-electron chi connectivity index (χ0n) is 12.8. The van der Waals surface area contributed by atoms with E-state index < -0.39 is 0 Å². The quantitative estimate of drug-likeness (QED) is 0.847. The topological polar surface area (TPSA) is 15.3 Å². The maximum Gasteiger partial charge on any atom is 0.0452 e. The van der Waals surface area contributed by atoms with Crippen molar-refractivity contribution in [3.63, 3.8) is 0 Å². The maximum absolute atomic E-state index is 3.72. The smallest absolute Gasteiger partial charge is 0.0452 e. The van der Waals surface area contributed by atoms with Crippen molar-refractivity contribution in [2.45, 2.75) is 57.0 Å². The highest BCUT2D eigenvalue weighted by atomic mass is 15.2. The normalized spacial score (nSPS) is 24.4. The second-order valence-corrected chi connectivity index (χ2v) is 6.54. The molecule has 0 amide bonds. The Hall–Kier alpha value is -0.860. The van der Waals surface area contributed by atoms with Gasteiger partial charge in [-0.15, -0.1) is 0 Å². The third-order valence-corrected chi connectivity index (χ3v) is 5.13. The van der Waals surface area contributed by atoms with Crippen LogP contribution in [0.5, 0.6) is 0 Å². The summed E-state index contributed by atoms with van der Waals surface area (Å²) in [5.41, 5.74) is 3.07. The molecule has 20 heavy (non-hydrogen) atoms. The van der Waals surface area contributed by atoms with Crippen LogP contribution >= 0.6 is 0 Å². The SMILES string of the molecule is CN(CC1NCCc2ccccc21)C1CCCCCC1. The lowest BCUT2D eigenvalue weighted by Gasteiger charge is -2.34. The van der Waals surface area contributed by atoms with Crippen LogP contribution in [0.15, 0.2) is 24.3 Å². The van der Waals surface area contributed by atoms with E-state index in [0.717, 1.165) is 19.1 Å². The zero-order chi connectivity index (χ0) is 13.8. The Kier molecular flexibility index (Phi) is 4.74. The fourth-order valence-corrected chi connectivity index (χ4v) is 3.89. The number of likely N-dealkylation sites (N-methyl/N-ethyl adjacent to an activating group) is 1. The molecule has 1 aliphatic heterocycles. The fraction of sp³-hybridized carbons (Fsp3) is 0.667. The lowest BCUT2D eigenvalue weighted by Crippen LogP contribution is -2.41. The Morgan fingerprint density at radius 2 is 1.85 bits per heavy atom. The number of hydrogen-bond acceptors (Lipinski definition) is 2. The molecule has 1 aliphatic carbocycles. The van der Waals surface area contributed by atoms with Gasteiger partial charge in [-0.25, -0.2) is 0 Å². The number of nitrogens with zero attached hydrogens (tertiary/aromatic N) is 1. The van der Waals surface area contributed by atoms with Gasteiger partial charge in [-0.3, -0.25) is 0 Å². The maximum atomic E-state index is 3.72. The van der Waals surface area contributed by atoms with E-state index in [1.165, 1.54) is 50.5 Å². The minimum atomic E-state index is 0.521. The molecular weight excluding hydrogens is 244 g/mol. The van der Waals surface area contributed by atoms with Gasteiger partial charge in [0, 0.05) is 18.6 Å². The van der Waals surface area contributed by atoms with E-state index in [4.69, 9.17) is 0 Å². The molecule has 1 aromatic carbocycles. The molecule has 1 atom stereocenters. The van der Waals surface area contributed by atoms with Crippen LogP contribution in [0.1, 0.15) is 55.7 Å². The van der Waals surface area contributed by atoms with E-state index in [-0.39, 0.29) is 0 Å². The van der Waals surface area contributed by atoms with Crippen molar-refractivity contribution in [3.8, 4) is 0 Å². The van der Waals surface area contributed by atoms with E-state index >= 15 is 0 Å². The average molecular weight is 272 g/mol. The summed E-state index contributed by atoms with van der Waals surface area (Å²) in [5.74, 6) is 0. The van der Waals surface area contributed by atoms with Crippen molar-refractivity contribution in [1.29, 1.82) is 0 Å². The van der Waals surface area contributed by atoms with Crippen molar-refractivity contribution in [2.75, 3.05) is 20.1 Å². The Bertz CT molecular complexity index is 421. The van der Waals surface area contributed by atoms with Crippen LogP contribution in [0, 0.1) is 0 Å². The molecule has 1 heterocycles. The highest BCUT2D eigenvalue weighted by molar-refractivity contribution is 5.32. The molecule has 3 rings (SSSR count). The van der Waals surface area contributed by atoms with E-state index in [0.29, 0.717) is 6.04 Å². The monoisotopic (exact) mass is 272 g/mol. The molecule has 1 fully saturated rings. The van der Waals surface area contributed by atoms with Crippen LogP contribution in [-0.4, -0.2) is 31.1 Å². The van der Waals surface area contributed by atoms with Crippen molar-refractivity contribution >= 4 is 0 Å². The van der Waals surface area contributed by atoms with Crippen LogP contribution in [0.4, 0.5) is 0 Å². The summed E-state index contributed by atoms with van der Waals surface area (Å²) in [5, 5.41) is 3.72. The molecule has 0 spiro atoms. The molecule has 0 bridgehead atoms. The largest absolute Gasteiger partial charge is 0.309 e. The van der Waals surface area contributed by atoms with Gasteiger partial charge in [0.05, 0.1) is 0 Å². The molecule has 110 valence electrons. The minimum absolute atomic E-state index is 0.521. The van der Waals surface area contributed by atoms with Crippen LogP contribution in [0.2, 0.25) is 0 Å². The molecule has 0 saturated heterocycles. The van der Waals surface area contributed by atoms with Crippen LogP contribution in [0.25, 0.3) is 0 Å². The standard InChI is InChI=1S/C18H28N2/c1-20(16-9-4-2-3-5-10-16)14-18-17-11-7-6-8-15(17)12-13-19-18/h6-8,11,16,18-19H,2-5,9-10,12-14H2,1H3. The van der Waals surface area contributed by atoms with Gasteiger partial charge in [-0.1, -0.05) is 49.9 Å². The summed E-state index contributed by atoms with van der Waals surface area (Å²) < 4.78 is 0. The number of hydrogen-bond donors (Lipinski definition) is 1. The third kappa shape index (κ3) is 3.24. The average Bonchev–Trinajstić information content (AvgIpc) is 2.77. The van der Waals surface area contributed by atoms with Crippen LogP contribution < -0.4 is 5.32 Å². The Labute approximate surface area is 123 Å². The number of benzene rings is 1. The predicted molar refractivity (Wildman–Crippen MR) is 85.0 cm³/mol. The summed E-state index contributed by atoms with van der Waals surface area (Å²) in [6.07, 6.45) is 9.69. The summed E-state index contributed by atoms with van der Waals surface area (Å²) >= 11 is 0. The molecule has 1 N–H and O–H groups in total. The Morgan fingerprint density at radius 1 is 1.10 bits per heavy atom. The van der Waals surface area contributed by atoms with Gasteiger partial charge >= 0.3 is 0 Å². The van der Waals surface area contributed by atoms with E-state index in [1.54, 1.807) is 5.56 Å². The fourth-order valence-electron chi connectivity index (χ4n) is 3.89. The van der Waals surface area contributed by atoms with Gasteiger partial charge < -0.3 is 10.2 Å². The molecule has 2 nitrogen and oxygen atoms in total. The molecule has 2 aliphatic rings. The lowest BCUT2D eigenvalue weighted by atomic mass is 9.93. The first-order valence-corrected chi connectivity index (χ1v) is 8.36. The first-order chi connectivity index (χ1) is 9.84. The highest BCUT2D eigenvalue weighted by Crippen LogP contribution is 2.26. The van der Waals surface area contributed by atoms with Crippen molar-refractivity contribution in [3.05, 3.63) is 35.4 Å². The first kappa shape index (κ1) is 14.1. The minimum Gasteiger partial charge on any atom is -0.309 e. The van der Waals surface area contributed by atoms with Crippen LogP contribution in [-0.2, 0) is 6.42 Å². The summed E-state index contributed by atoms with van der Waals surface area (Å²) in [6.45, 7) is 2.28. The van der Waals surface area contributed by atoms with Gasteiger partial charge in [0.1, 0.15) is 0 Å². The van der Waals surface area contributed by atoms with Gasteiger partial charge in [-0.05, 0) is 44.0 Å². The van der Waals surface area contributed by atoms with Gasteiger partial charge in [0.2, 0.25) is 0 Å². The zero-order valence-corrected chi connectivity index (χ0v) is 12.8. The Morgan fingerprint density at radius 3 is 2.65 bits per heavy atom. The third-order valence-electron chi connectivity index (χ3n) is 5.13. The van der Waals surface area contributed by atoms with Gasteiger partial charge in [-0.2, -0.15) is 0 Å². The summed E-state index contributed by atoms with van der Waals surface area (Å²) in [4.78, 5) is 2.62. The van der Waals surface area contributed by atoms with Crippen molar-refractivity contribution in [2.24, 2.45) is 0 Å². The second kappa shape index (κ2) is 6.73. The summed E-state index contributed by atoms with van der Waals surface area (Å²) in [7, 11) is 2.33. The molecule has 1 saturated carbocycles.